The van der Waals surface area contributed by atoms with Crippen molar-refractivity contribution in [2.24, 2.45) is 10.8 Å². The van der Waals surface area contributed by atoms with E-state index in [0.717, 1.165) is 36.8 Å². The minimum Gasteiger partial charge on any atom is -0.387 e. The van der Waals surface area contributed by atoms with Crippen LogP contribution in [0.15, 0.2) is 31.2 Å². The number of thioether (sulfide) groups is 2. The van der Waals surface area contributed by atoms with E-state index in [1.54, 1.807) is 0 Å². The lowest BCUT2D eigenvalue weighted by Crippen LogP contribution is -2.19. The first-order valence-corrected chi connectivity index (χ1v) is 13.5. The van der Waals surface area contributed by atoms with Gasteiger partial charge in [0.25, 0.3) is 11.1 Å². The van der Waals surface area contributed by atoms with Gasteiger partial charge >= 0.3 is 0 Å². The summed E-state index contributed by atoms with van der Waals surface area (Å²) < 4.78 is 9.76. The molecule has 0 radical (unpaired) electrons. The van der Waals surface area contributed by atoms with E-state index in [1.165, 1.54) is 54.8 Å². The van der Waals surface area contributed by atoms with Crippen LogP contribution in [0.5, 0.6) is 0 Å². The zero-order valence-electron chi connectivity index (χ0n) is 19.4. The fourth-order valence-corrected chi connectivity index (χ4v) is 5.76. The maximum absolute atomic E-state index is 11.6. The molecule has 176 valence electrons. The minimum atomic E-state index is -0.100. The van der Waals surface area contributed by atoms with E-state index in [4.69, 9.17) is 9.05 Å². The highest BCUT2D eigenvalue weighted by Crippen LogP contribution is 2.28. The molecule has 31 heavy (non-hydrogen) atoms. The maximum atomic E-state index is 11.6. The summed E-state index contributed by atoms with van der Waals surface area (Å²) in [6, 6.07) is 0. The Labute approximate surface area is 193 Å². The Kier molecular flexibility index (Phi) is 10.6. The topological polar surface area (TPSA) is 92.0 Å². The third-order valence-electron chi connectivity index (χ3n) is 5.49. The number of aromatic amines is 2. The van der Waals surface area contributed by atoms with Gasteiger partial charge in [-0.25, -0.2) is 0 Å². The van der Waals surface area contributed by atoms with E-state index in [9.17, 15) is 9.59 Å². The molecule has 6 nitrogen and oxygen atoms in total. The Morgan fingerprint density at radius 1 is 0.710 bits per heavy atom. The first kappa shape index (κ1) is 26.0. The zero-order chi connectivity index (χ0) is 22.7. The minimum absolute atomic E-state index is 0.100. The van der Waals surface area contributed by atoms with Crippen LogP contribution in [0.4, 0.5) is 0 Å². The lowest BCUT2D eigenvalue weighted by Gasteiger charge is -2.23. The third-order valence-corrected chi connectivity index (χ3v) is 7.80. The molecule has 2 rings (SSSR count). The van der Waals surface area contributed by atoms with Gasteiger partial charge in [-0.3, -0.25) is 9.59 Å². The molecule has 0 amide bonds. The van der Waals surface area contributed by atoms with Crippen LogP contribution in [0.25, 0.3) is 0 Å². The monoisotopic (exact) mass is 470 g/mol. The molecular formula is C23H38N2O4S2. The van der Waals surface area contributed by atoms with Crippen LogP contribution in [0.1, 0.15) is 70.9 Å². The third kappa shape index (κ3) is 10.3. The SMILES string of the molecule is CC(C)(CCCSCCCSCCCC(C)(C)Cc1co[nH]c1=O)Cc1co[nH]c1=O. The second-order valence-electron chi connectivity index (χ2n) is 9.85. The van der Waals surface area contributed by atoms with Crippen molar-refractivity contribution in [3.8, 4) is 0 Å². The summed E-state index contributed by atoms with van der Waals surface area (Å²) >= 11 is 4.07. The molecule has 0 saturated heterocycles. The molecule has 2 heterocycles. The molecule has 2 aromatic heterocycles. The van der Waals surface area contributed by atoms with E-state index in [0.29, 0.717) is 0 Å². The fourth-order valence-electron chi connectivity index (χ4n) is 3.77. The molecule has 0 saturated carbocycles. The van der Waals surface area contributed by atoms with Crippen molar-refractivity contribution >= 4 is 23.5 Å². The average Bonchev–Trinajstić information content (AvgIpc) is 3.27. The quantitative estimate of drug-likeness (QED) is 0.315. The fraction of sp³-hybridized carbons (Fsp3) is 0.739. The molecule has 0 aliphatic rings. The summed E-state index contributed by atoms with van der Waals surface area (Å²) in [5.41, 5.74) is 1.52. The maximum Gasteiger partial charge on any atom is 0.283 e. The van der Waals surface area contributed by atoms with Crippen molar-refractivity contribution in [1.29, 1.82) is 0 Å². The molecule has 0 unspecified atom stereocenters. The lowest BCUT2D eigenvalue weighted by molar-refractivity contribution is 0.328. The molecule has 0 bridgehead atoms. The first-order valence-electron chi connectivity index (χ1n) is 11.1. The van der Waals surface area contributed by atoms with E-state index < -0.39 is 0 Å². The highest BCUT2D eigenvalue weighted by molar-refractivity contribution is 8.00. The second-order valence-corrected chi connectivity index (χ2v) is 12.3. The Morgan fingerprint density at radius 3 is 1.45 bits per heavy atom. The van der Waals surface area contributed by atoms with Crippen molar-refractivity contribution in [2.45, 2.75) is 72.6 Å². The molecule has 0 aromatic carbocycles. The Hall–Kier alpha value is -1.28. The largest absolute Gasteiger partial charge is 0.387 e. The lowest BCUT2D eigenvalue weighted by atomic mass is 9.82. The van der Waals surface area contributed by atoms with Crippen molar-refractivity contribution in [2.75, 3.05) is 23.0 Å². The summed E-state index contributed by atoms with van der Waals surface area (Å²) in [5, 5.41) is 4.73. The molecule has 0 aliphatic carbocycles. The van der Waals surface area contributed by atoms with Crippen LogP contribution in [0.3, 0.4) is 0 Å². The predicted molar refractivity (Wildman–Crippen MR) is 131 cm³/mol. The number of H-pyrrole nitrogens is 2. The normalized spacial score (nSPS) is 12.5. The van der Waals surface area contributed by atoms with Crippen LogP contribution in [0.2, 0.25) is 0 Å². The van der Waals surface area contributed by atoms with Gasteiger partial charge in [0.1, 0.15) is 12.5 Å². The average molecular weight is 471 g/mol. The summed E-state index contributed by atoms with van der Waals surface area (Å²) in [7, 11) is 0. The Morgan fingerprint density at radius 2 is 1.10 bits per heavy atom. The van der Waals surface area contributed by atoms with Crippen LogP contribution in [-0.2, 0) is 12.8 Å². The molecule has 2 aromatic rings. The van der Waals surface area contributed by atoms with Crippen LogP contribution in [0, 0.1) is 10.8 Å². The number of hydrogen-bond acceptors (Lipinski definition) is 6. The van der Waals surface area contributed by atoms with Crippen LogP contribution in [-0.4, -0.2) is 33.3 Å². The van der Waals surface area contributed by atoms with E-state index >= 15 is 0 Å². The van der Waals surface area contributed by atoms with Crippen molar-refractivity contribution < 1.29 is 9.05 Å². The Balaban J connectivity index is 1.44. The zero-order valence-corrected chi connectivity index (χ0v) is 21.0. The van der Waals surface area contributed by atoms with Gasteiger partial charge in [0.05, 0.1) is 11.1 Å². The predicted octanol–water partition coefficient (Wildman–Crippen LogP) is 5.50. The van der Waals surface area contributed by atoms with Crippen molar-refractivity contribution in [3.05, 3.63) is 44.4 Å². The first-order chi connectivity index (χ1) is 14.7. The number of hydrogen-bond donors (Lipinski definition) is 2. The van der Waals surface area contributed by atoms with Gasteiger partial charge in [-0.05, 0) is 78.8 Å². The van der Waals surface area contributed by atoms with Gasteiger partial charge in [-0.2, -0.15) is 33.8 Å². The Bertz CT molecular complexity index is 793. The van der Waals surface area contributed by atoms with Crippen molar-refractivity contribution in [1.82, 2.24) is 10.3 Å². The second kappa shape index (κ2) is 12.7. The van der Waals surface area contributed by atoms with Gasteiger partial charge in [0.15, 0.2) is 0 Å². The van der Waals surface area contributed by atoms with E-state index in [-0.39, 0.29) is 21.9 Å². The molecule has 0 fully saturated rings. The number of rotatable bonds is 16. The summed E-state index contributed by atoms with van der Waals surface area (Å²) in [5.74, 6) is 4.78. The number of nitrogens with one attached hydrogen (secondary N) is 2. The standard InChI is InChI=1S/C23H38N2O4S2/c1-22(2,14-18-16-28-24-20(18)26)8-5-10-30-12-7-13-31-11-6-9-23(3,4)15-19-17-29-25-21(19)27/h16-17H,5-15H2,1-4H3,(H,24,26)(H,25,27). The molecule has 0 atom stereocenters. The molecule has 0 aliphatic heterocycles. The van der Waals surface area contributed by atoms with E-state index in [2.05, 4.69) is 38.0 Å². The van der Waals surface area contributed by atoms with Crippen LogP contribution < -0.4 is 11.1 Å². The molecular weight excluding hydrogens is 432 g/mol. The smallest absolute Gasteiger partial charge is 0.283 e. The van der Waals surface area contributed by atoms with Gasteiger partial charge in [-0.15, -0.1) is 0 Å². The highest BCUT2D eigenvalue weighted by atomic mass is 32.2. The van der Waals surface area contributed by atoms with E-state index in [1.807, 2.05) is 23.5 Å². The summed E-state index contributed by atoms with van der Waals surface area (Å²) in [6.45, 7) is 8.87. The molecule has 2 N–H and O–H groups in total. The van der Waals surface area contributed by atoms with Gasteiger partial charge in [-0.1, -0.05) is 27.7 Å². The summed E-state index contributed by atoms with van der Waals surface area (Å²) in [4.78, 5) is 23.2. The molecule has 0 spiro atoms. The van der Waals surface area contributed by atoms with Crippen molar-refractivity contribution in [3.63, 3.8) is 0 Å². The van der Waals surface area contributed by atoms with Gasteiger partial charge in [0.2, 0.25) is 0 Å². The highest BCUT2D eigenvalue weighted by Gasteiger charge is 2.21. The summed E-state index contributed by atoms with van der Waals surface area (Å²) in [6.07, 6.45) is 10.4. The van der Waals surface area contributed by atoms with Crippen LogP contribution >= 0.6 is 23.5 Å². The number of aromatic nitrogens is 2. The molecule has 8 heteroatoms. The van der Waals surface area contributed by atoms with Gasteiger partial charge < -0.3 is 9.05 Å². The van der Waals surface area contributed by atoms with Gasteiger partial charge in [0, 0.05) is 0 Å².